The van der Waals surface area contributed by atoms with Crippen molar-refractivity contribution in [3.63, 3.8) is 0 Å². The average Bonchev–Trinajstić information content (AvgIpc) is 2.58. The van der Waals surface area contributed by atoms with Gasteiger partial charge >= 0.3 is 0 Å². The van der Waals surface area contributed by atoms with Gasteiger partial charge in [0.15, 0.2) is 5.16 Å². The molecule has 1 heterocycles. The second-order valence-electron chi connectivity index (χ2n) is 5.39. The van der Waals surface area contributed by atoms with Gasteiger partial charge in [-0.25, -0.2) is 9.67 Å². The summed E-state index contributed by atoms with van der Waals surface area (Å²) in [6.45, 7) is 4.65. The summed E-state index contributed by atoms with van der Waals surface area (Å²) in [5.74, 6) is 0. The molecule has 2 unspecified atom stereocenters. The van der Waals surface area contributed by atoms with E-state index in [1.54, 1.807) is 18.1 Å². The fraction of sp³-hybridized carbons (Fsp3) is 0.818. The van der Waals surface area contributed by atoms with Crippen molar-refractivity contribution in [2.75, 3.05) is 0 Å². The third kappa shape index (κ3) is 2.58. The Bertz CT molecular complexity index is 361. The van der Waals surface area contributed by atoms with Crippen LogP contribution in [-0.4, -0.2) is 26.1 Å². The van der Waals surface area contributed by atoms with Crippen LogP contribution in [0.2, 0.25) is 0 Å². The molecule has 5 heteroatoms. The Morgan fingerprint density at radius 3 is 2.94 bits per heavy atom. The summed E-state index contributed by atoms with van der Waals surface area (Å²) in [6, 6.07) is 0.287. The monoisotopic (exact) mass is 240 g/mol. The molecule has 1 saturated carbocycles. The van der Waals surface area contributed by atoms with Crippen LogP contribution in [0.15, 0.2) is 11.5 Å². The van der Waals surface area contributed by atoms with Crippen LogP contribution in [0.1, 0.15) is 33.1 Å². The van der Waals surface area contributed by atoms with Crippen LogP contribution < -0.4 is 5.73 Å². The molecule has 0 saturated heterocycles. The van der Waals surface area contributed by atoms with E-state index in [9.17, 15) is 0 Å². The largest absolute Gasteiger partial charge is 0.327 e. The Balaban J connectivity index is 2.06. The van der Waals surface area contributed by atoms with Gasteiger partial charge < -0.3 is 5.73 Å². The van der Waals surface area contributed by atoms with Gasteiger partial charge in [-0.1, -0.05) is 25.6 Å². The van der Waals surface area contributed by atoms with E-state index in [0.29, 0.717) is 10.7 Å². The minimum Gasteiger partial charge on any atom is -0.327 e. The highest BCUT2D eigenvalue weighted by Gasteiger charge is 2.34. The third-order valence-corrected chi connectivity index (χ3v) is 4.71. The molecule has 0 bridgehead atoms. The number of rotatable bonds is 2. The molecule has 0 aromatic carbocycles. The Kier molecular flexibility index (Phi) is 3.26. The smallest absolute Gasteiger partial charge is 0.186 e. The minimum atomic E-state index is 0.287. The molecule has 2 rings (SSSR count). The topological polar surface area (TPSA) is 56.7 Å². The molecule has 2 N–H and O–H groups in total. The van der Waals surface area contributed by atoms with Crippen LogP contribution >= 0.6 is 11.8 Å². The summed E-state index contributed by atoms with van der Waals surface area (Å²) in [5.41, 5.74) is 6.60. The quantitative estimate of drug-likeness (QED) is 0.856. The maximum Gasteiger partial charge on any atom is 0.186 e. The predicted molar refractivity (Wildman–Crippen MR) is 66.3 cm³/mol. The lowest BCUT2D eigenvalue weighted by molar-refractivity contribution is 0.232. The van der Waals surface area contributed by atoms with Crippen molar-refractivity contribution in [1.82, 2.24) is 14.8 Å². The van der Waals surface area contributed by atoms with Crippen LogP contribution in [-0.2, 0) is 7.05 Å². The Labute approximate surface area is 101 Å². The Morgan fingerprint density at radius 1 is 1.56 bits per heavy atom. The van der Waals surface area contributed by atoms with E-state index in [1.807, 2.05) is 11.7 Å². The first-order valence-corrected chi connectivity index (χ1v) is 6.62. The first-order valence-electron chi connectivity index (χ1n) is 5.74. The zero-order valence-electron chi connectivity index (χ0n) is 10.2. The number of aryl methyl sites for hydroxylation is 1. The van der Waals surface area contributed by atoms with Crippen LogP contribution in [0.3, 0.4) is 0 Å². The second kappa shape index (κ2) is 4.37. The van der Waals surface area contributed by atoms with E-state index in [0.717, 1.165) is 18.0 Å². The van der Waals surface area contributed by atoms with Gasteiger partial charge in [0.25, 0.3) is 0 Å². The van der Waals surface area contributed by atoms with Crippen molar-refractivity contribution in [3.8, 4) is 0 Å². The lowest BCUT2D eigenvalue weighted by atomic mass is 9.75. The molecule has 4 nitrogen and oxygen atoms in total. The maximum absolute atomic E-state index is 6.19. The molecule has 1 aliphatic rings. The van der Waals surface area contributed by atoms with Gasteiger partial charge in [0.05, 0.1) is 0 Å². The van der Waals surface area contributed by atoms with Gasteiger partial charge in [0.1, 0.15) is 6.33 Å². The molecule has 1 aromatic rings. The normalized spacial score (nSPS) is 29.2. The molecular weight excluding hydrogens is 220 g/mol. The number of nitrogens with two attached hydrogens (primary N) is 1. The van der Waals surface area contributed by atoms with E-state index in [4.69, 9.17) is 5.73 Å². The molecule has 0 radical (unpaired) electrons. The molecule has 0 amide bonds. The van der Waals surface area contributed by atoms with Crippen molar-refractivity contribution in [1.29, 1.82) is 0 Å². The number of aromatic nitrogens is 3. The lowest BCUT2D eigenvalue weighted by Gasteiger charge is -2.38. The lowest BCUT2D eigenvalue weighted by Crippen LogP contribution is -2.41. The van der Waals surface area contributed by atoms with E-state index in [2.05, 4.69) is 23.9 Å². The molecule has 90 valence electrons. The first kappa shape index (κ1) is 11.9. The zero-order valence-corrected chi connectivity index (χ0v) is 11.0. The number of hydrogen-bond acceptors (Lipinski definition) is 4. The van der Waals surface area contributed by atoms with Gasteiger partial charge in [-0.2, -0.15) is 5.10 Å². The van der Waals surface area contributed by atoms with E-state index in [1.165, 1.54) is 6.42 Å². The molecule has 1 aromatic heterocycles. The molecule has 1 fully saturated rings. The predicted octanol–water partition coefficient (Wildman–Crippen LogP) is 1.81. The van der Waals surface area contributed by atoms with Crippen molar-refractivity contribution >= 4 is 11.8 Å². The number of nitrogens with zero attached hydrogens (tertiary/aromatic N) is 3. The maximum atomic E-state index is 6.19. The molecular formula is C11H20N4S. The second-order valence-corrected chi connectivity index (χ2v) is 6.60. The van der Waals surface area contributed by atoms with Gasteiger partial charge in [0.2, 0.25) is 0 Å². The first-order chi connectivity index (χ1) is 7.48. The van der Waals surface area contributed by atoms with Gasteiger partial charge in [-0.05, 0) is 24.7 Å². The number of thioether (sulfide) groups is 1. The van der Waals surface area contributed by atoms with Crippen LogP contribution in [0.5, 0.6) is 0 Å². The van der Waals surface area contributed by atoms with Crippen molar-refractivity contribution < 1.29 is 0 Å². The van der Waals surface area contributed by atoms with Crippen LogP contribution in [0, 0.1) is 5.41 Å². The standard InChI is InChI=1S/C11H20N4S/c1-11(2)5-4-8(12)9(6-11)16-10-13-7-14-15(10)3/h7-9H,4-6,12H2,1-3H3. The van der Waals surface area contributed by atoms with E-state index >= 15 is 0 Å². The summed E-state index contributed by atoms with van der Waals surface area (Å²) in [6.07, 6.45) is 5.10. The third-order valence-electron chi connectivity index (χ3n) is 3.31. The fourth-order valence-electron chi connectivity index (χ4n) is 2.20. The summed E-state index contributed by atoms with van der Waals surface area (Å²) in [7, 11) is 1.93. The van der Waals surface area contributed by atoms with Crippen molar-refractivity contribution in [3.05, 3.63) is 6.33 Å². The average molecular weight is 240 g/mol. The van der Waals surface area contributed by atoms with E-state index in [-0.39, 0.29) is 6.04 Å². The molecule has 0 spiro atoms. The Morgan fingerprint density at radius 2 is 2.31 bits per heavy atom. The highest BCUT2D eigenvalue weighted by Crippen LogP contribution is 2.41. The SMILES string of the molecule is Cn1ncnc1SC1CC(C)(C)CCC1N. The highest BCUT2D eigenvalue weighted by molar-refractivity contribution is 7.99. The number of hydrogen-bond donors (Lipinski definition) is 1. The molecule has 1 aliphatic carbocycles. The summed E-state index contributed by atoms with van der Waals surface area (Å²) in [5, 5.41) is 5.52. The van der Waals surface area contributed by atoms with Crippen molar-refractivity contribution in [2.45, 2.75) is 49.6 Å². The minimum absolute atomic E-state index is 0.287. The molecule has 2 atom stereocenters. The summed E-state index contributed by atoms with van der Waals surface area (Å²) in [4.78, 5) is 4.25. The zero-order chi connectivity index (χ0) is 11.8. The summed E-state index contributed by atoms with van der Waals surface area (Å²) < 4.78 is 1.82. The molecule has 16 heavy (non-hydrogen) atoms. The van der Waals surface area contributed by atoms with Gasteiger partial charge in [-0.15, -0.1) is 0 Å². The summed E-state index contributed by atoms with van der Waals surface area (Å²) >= 11 is 1.77. The van der Waals surface area contributed by atoms with Gasteiger partial charge in [0, 0.05) is 18.3 Å². The fourth-order valence-corrected chi connectivity index (χ4v) is 3.62. The van der Waals surface area contributed by atoms with Crippen LogP contribution in [0.4, 0.5) is 0 Å². The van der Waals surface area contributed by atoms with E-state index < -0.39 is 0 Å². The van der Waals surface area contributed by atoms with Gasteiger partial charge in [-0.3, -0.25) is 0 Å². The van der Waals surface area contributed by atoms with Crippen molar-refractivity contribution in [2.24, 2.45) is 18.2 Å². The Hall–Kier alpha value is -0.550. The highest BCUT2D eigenvalue weighted by atomic mass is 32.2. The molecule has 0 aliphatic heterocycles. The van der Waals surface area contributed by atoms with Crippen LogP contribution in [0.25, 0.3) is 0 Å².